The largest absolute Gasteiger partial charge is 0.327 e. The first-order chi connectivity index (χ1) is 12.2. The van der Waals surface area contributed by atoms with E-state index in [1.165, 1.54) is 23.3 Å². The summed E-state index contributed by atoms with van der Waals surface area (Å²) in [5.74, 6) is -0.0174. The van der Waals surface area contributed by atoms with Gasteiger partial charge in [0.2, 0.25) is 0 Å². The third kappa shape index (κ3) is 3.24. The van der Waals surface area contributed by atoms with Crippen molar-refractivity contribution in [2.24, 2.45) is 5.73 Å². The fourth-order valence-corrected chi connectivity index (χ4v) is 3.45. The highest BCUT2D eigenvalue weighted by Gasteiger charge is 2.27. The van der Waals surface area contributed by atoms with E-state index in [0.717, 1.165) is 23.2 Å². The van der Waals surface area contributed by atoms with E-state index in [-0.39, 0.29) is 17.8 Å². The third-order valence-electron chi connectivity index (χ3n) is 4.75. The molecule has 1 aliphatic rings. The molecule has 1 aliphatic carbocycles. The van der Waals surface area contributed by atoms with E-state index >= 15 is 0 Å². The Bertz CT molecular complexity index is 915. The molecular weight excluding hydrogens is 311 g/mol. The van der Waals surface area contributed by atoms with Crippen LogP contribution in [0.25, 0.3) is 17.2 Å². The quantitative estimate of drug-likeness (QED) is 0.764. The van der Waals surface area contributed by atoms with Gasteiger partial charge in [-0.2, -0.15) is 0 Å². The summed E-state index contributed by atoms with van der Waals surface area (Å²) in [6, 6.07) is 19.0. The summed E-state index contributed by atoms with van der Waals surface area (Å²) in [6.07, 6.45) is 6.84. The molecule has 3 heteroatoms. The van der Waals surface area contributed by atoms with Crippen molar-refractivity contribution in [1.29, 1.82) is 0 Å². The van der Waals surface area contributed by atoms with Crippen molar-refractivity contribution in [1.82, 2.24) is 4.98 Å². The first-order valence-electron chi connectivity index (χ1n) is 8.44. The molecule has 1 heterocycles. The Kier molecular flexibility index (Phi) is 4.16. The molecule has 0 amide bonds. The summed E-state index contributed by atoms with van der Waals surface area (Å²) in [5, 5.41) is 0. The van der Waals surface area contributed by atoms with Gasteiger partial charge in [0.05, 0.1) is 5.69 Å². The number of halogens is 1. The number of pyridine rings is 1. The first-order valence-corrected chi connectivity index (χ1v) is 8.44. The molecule has 0 aliphatic heterocycles. The Labute approximate surface area is 146 Å². The minimum absolute atomic E-state index is 0.111. The number of hydrogen-bond acceptors (Lipinski definition) is 2. The van der Waals surface area contributed by atoms with Gasteiger partial charge in [-0.25, -0.2) is 4.39 Å². The van der Waals surface area contributed by atoms with Crippen molar-refractivity contribution in [2.75, 3.05) is 0 Å². The van der Waals surface area contributed by atoms with Crippen molar-refractivity contribution < 1.29 is 4.39 Å². The number of aromatic nitrogens is 1. The number of fused-ring (bicyclic) bond motifs is 1. The lowest BCUT2D eigenvalue weighted by Crippen LogP contribution is -2.23. The highest BCUT2D eigenvalue weighted by atomic mass is 19.1. The number of rotatable bonds is 3. The Morgan fingerprint density at radius 2 is 1.88 bits per heavy atom. The molecule has 0 bridgehead atoms. The van der Waals surface area contributed by atoms with E-state index in [1.807, 2.05) is 24.3 Å². The number of nitrogens with zero attached hydrogens (tertiary/aromatic N) is 1. The number of hydrogen-bond donors (Lipinski definition) is 1. The normalized spacial score (nSPS) is 19.3. The zero-order chi connectivity index (χ0) is 17.2. The van der Waals surface area contributed by atoms with Crippen molar-refractivity contribution in [3.8, 4) is 11.1 Å². The highest BCUT2D eigenvalue weighted by Crippen LogP contribution is 2.33. The Balaban J connectivity index is 1.55. The molecule has 2 nitrogen and oxygen atoms in total. The van der Waals surface area contributed by atoms with Gasteiger partial charge in [-0.05, 0) is 47.4 Å². The summed E-state index contributed by atoms with van der Waals surface area (Å²) in [6.45, 7) is 0. The number of nitrogens with two attached hydrogens (primary N) is 1. The van der Waals surface area contributed by atoms with Crippen LogP contribution in [0.3, 0.4) is 0 Å². The molecule has 2 N–H and O–H groups in total. The minimum atomic E-state index is -0.240. The fraction of sp³-hybridized carbons (Fsp3) is 0.136. The standard InChI is InChI=1S/C22H19FN2/c23-18-6-3-5-15(12-18)17-8-9-19(25-14-17)10-11-21-20-7-2-1-4-16(20)13-22(21)24/h1-12,14,21-22H,13,24H2/b11-10+/t21-,22-/m0/s1. The lowest BCUT2D eigenvalue weighted by atomic mass is 9.98. The van der Waals surface area contributed by atoms with Gasteiger partial charge in [-0.15, -0.1) is 0 Å². The van der Waals surface area contributed by atoms with Crippen LogP contribution in [0.5, 0.6) is 0 Å². The molecule has 0 saturated carbocycles. The van der Waals surface area contributed by atoms with Crippen LogP contribution >= 0.6 is 0 Å². The van der Waals surface area contributed by atoms with Crippen molar-refractivity contribution in [3.05, 3.63) is 95.6 Å². The molecule has 25 heavy (non-hydrogen) atoms. The van der Waals surface area contributed by atoms with E-state index in [1.54, 1.807) is 12.3 Å². The molecule has 4 rings (SSSR count). The van der Waals surface area contributed by atoms with E-state index in [9.17, 15) is 4.39 Å². The Morgan fingerprint density at radius 3 is 2.68 bits per heavy atom. The summed E-state index contributed by atoms with van der Waals surface area (Å²) in [7, 11) is 0. The fourth-order valence-electron chi connectivity index (χ4n) is 3.45. The minimum Gasteiger partial charge on any atom is -0.327 e. The van der Waals surface area contributed by atoms with Gasteiger partial charge in [0, 0.05) is 23.7 Å². The Hall–Kier alpha value is -2.78. The third-order valence-corrected chi connectivity index (χ3v) is 4.75. The van der Waals surface area contributed by atoms with Gasteiger partial charge in [-0.1, -0.05) is 48.5 Å². The maximum absolute atomic E-state index is 13.3. The first kappa shape index (κ1) is 15.7. The molecule has 0 radical (unpaired) electrons. The molecule has 0 spiro atoms. The van der Waals surface area contributed by atoms with Crippen LogP contribution in [0, 0.1) is 5.82 Å². The van der Waals surface area contributed by atoms with Gasteiger partial charge in [0.25, 0.3) is 0 Å². The van der Waals surface area contributed by atoms with E-state index < -0.39 is 0 Å². The molecule has 124 valence electrons. The van der Waals surface area contributed by atoms with E-state index in [4.69, 9.17) is 5.73 Å². The molecular formula is C22H19FN2. The van der Waals surface area contributed by atoms with Crippen LogP contribution in [0.4, 0.5) is 4.39 Å². The number of benzene rings is 2. The summed E-state index contributed by atoms with van der Waals surface area (Å²) in [5.41, 5.74) is 11.5. The zero-order valence-electron chi connectivity index (χ0n) is 13.8. The van der Waals surface area contributed by atoms with Crippen LogP contribution in [-0.2, 0) is 6.42 Å². The van der Waals surface area contributed by atoms with E-state index in [2.05, 4.69) is 35.3 Å². The summed E-state index contributed by atoms with van der Waals surface area (Å²) >= 11 is 0. The lowest BCUT2D eigenvalue weighted by Gasteiger charge is -2.11. The van der Waals surface area contributed by atoms with Crippen LogP contribution in [0.1, 0.15) is 22.7 Å². The average molecular weight is 330 g/mol. The second kappa shape index (κ2) is 6.61. The van der Waals surface area contributed by atoms with Gasteiger partial charge >= 0.3 is 0 Å². The average Bonchev–Trinajstić information content (AvgIpc) is 2.95. The van der Waals surface area contributed by atoms with Crippen LogP contribution in [0.2, 0.25) is 0 Å². The second-order valence-electron chi connectivity index (χ2n) is 6.43. The van der Waals surface area contributed by atoms with Gasteiger partial charge in [-0.3, -0.25) is 4.98 Å². The maximum atomic E-state index is 13.3. The summed E-state index contributed by atoms with van der Waals surface area (Å²) < 4.78 is 13.3. The SMILES string of the molecule is N[C@H]1Cc2ccccc2[C@@H]1/C=C/c1ccc(-c2cccc(F)c2)cn1. The van der Waals surface area contributed by atoms with Gasteiger partial charge in [0.1, 0.15) is 5.82 Å². The van der Waals surface area contributed by atoms with Gasteiger partial charge < -0.3 is 5.73 Å². The molecule has 2 aromatic carbocycles. The molecule has 3 aromatic rings. The van der Waals surface area contributed by atoms with Crippen molar-refractivity contribution in [3.63, 3.8) is 0 Å². The van der Waals surface area contributed by atoms with Crippen molar-refractivity contribution in [2.45, 2.75) is 18.4 Å². The maximum Gasteiger partial charge on any atom is 0.123 e. The predicted molar refractivity (Wildman–Crippen MR) is 99.5 cm³/mol. The molecule has 0 unspecified atom stereocenters. The summed E-state index contributed by atoms with van der Waals surface area (Å²) in [4.78, 5) is 4.48. The van der Waals surface area contributed by atoms with Crippen LogP contribution < -0.4 is 5.73 Å². The zero-order valence-corrected chi connectivity index (χ0v) is 13.8. The molecule has 0 saturated heterocycles. The van der Waals surface area contributed by atoms with Crippen LogP contribution in [-0.4, -0.2) is 11.0 Å². The molecule has 1 aromatic heterocycles. The monoisotopic (exact) mass is 330 g/mol. The van der Waals surface area contributed by atoms with E-state index in [0.29, 0.717) is 0 Å². The molecule has 0 fully saturated rings. The van der Waals surface area contributed by atoms with Gasteiger partial charge in [0.15, 0.2) is 0 Å². The topological polar surface area (TPSA) is 38.9 Å². The highest BCUT2D eigenvalue weighted by molar-refractivity contribution is 5.63. The second-order valence-corrected chi connectivity index (χ2v) is 6.43. The van der Waals surface area contributed by atoms with Crippen LogP contribution in [0.15, 0.2) is 72.9 Å². The smallest absolute Gasteiger partial charge is 0.123 e. The molecule has 2 atom stereocenters. The van der Waals surface area contributed by atoms with Crippen molar-refractivity contribution >= 4 is 6.08 Å². The Morgan fingerprint density at radius 1 is 1.00 bits per heavy atom. The predicted octanol–water partition coefficient (Wildman–Crippen LogP) is 4.57. The lowest BCUT2D eigenvalue weighted by molar-refractivity contribution is 0.628.